The van der Waals surface area contributed by atoms with Gasteiger partial charge in [0, 0.05) is 12.3 Å². The van der Waals surface area contributed by atoms with Crippen molar-refractivity contribution >= 4 is 5.78 Å². The number of rotatable bonds is 0. The Labute approximate surface area is 61.1 Å². The zero-order valence-corrected chi connectivity index (χ0v) is 6.10. The van der Waals surface area contributed by atoms with Crippen LogP contribution in [0.1, 0.15) is 32.1 Å². The van der Waals surface area contributed by atoms with Gasteiger partial charge in [0.15, 0.2) is 0 Å². The van der Waals surface area contributed by atoms with Crippen LogP contribution in [0.4, 0.5) is 0 Å². The second-order valence-electron chi connectivity index (χ2n) is 3.23. The SMILES string of the molecule is O=C1CCCC2=CCCC12. The lowest BCUT2D eigenvalue weighted by Gasteiger charge is -2.18. The smallest absolute Gasteiger partial charge is 0.140 e. The fourth-order valence-corrected chi connectivity index (χ4v) is 2.05. The van der Waals surface area contributed by atoms with E-state index in [4.69, 9.17) is 0 Å². The molecule has 0 radical (unpaired) electrons. The van der Waals surface area contributed by atoms with Gasteiger partial charge in [0.05, 0.1) is 0 Å². The summed E-state index contributed by atoms with van der Waals surface area (Å²) in [7, 11) is 0. The quantitative estimate of drug-likeness (QED) is 0.466. The maximum absolute atomic E-state index is 11.2. The summed E-state index contributed by atoms with van der Waals surface area (Å²) in [5.74, 6) is 0.851. The highest BCUT2D eigenvalue weighted by Gasteiger charge is 2.28. The van der Waals surface area contributed by atoms with Gasteiger partial charge in [-0.2, -0.15) is 0 Å². The van der Waals surface area contributed by atoms with E-state index in [-0.39, 0.29) is 0 Å². The molecule has 0 aromatic carbocycles. The first-order chi connectivity index (χ1) is 4.88. The minimum absolute atomic E-state index is 0.355. The third kappa shape index (κ3) is 0.808. The van der Waals surface area contributed by atoms with E-state index in [2.05, 4.69) is 6.08 Å². The topological polar surface area (TPSA) is 17.1 Å². The molecule has 2 aliphatic rings. The lowest BCUT2D eigenvalue weighted by atomic mass is 9.85. The molecule has 54 valence electrons. The summed E-state index contributed by atoms with van der Waals surface area (Å²) in [6.45, 7) is 0. The predicted octanol–water partition coefficient (Wildman–Crippen LogP) is 2.08. The molecule has 0 saturated heterocycles. The Morgan fingerprint density at radius 2 is 2.30 bits per heavy atom. The van der Waals surface area contributed by atoms with Gasteiger partial charge >= 0.3 is 0 Å². The van der Waals surface area contributed by atoms with Crippen LogP contribution >= 0.6 is 0 Å². The minimum Gasteiger partial charge on any atom is -0.299 e. The van der Waals surface area contributed by atoms with Crippen LogP contribution in [0.2, 0.25) is 0 Å². The second-order valence-corrected chi connectivity index (χ2v) is 3.23. The highest BCUT2D eigenvalue weighted by molar-refractivity contribution is 5.85. The third-order valence-corrected chi connectivity index (χ3v) is 2.59. The normalized spacial score (nSPS) is 31.8. The molecule has 0 heterocycles. The summed E-state index contributed by atoms with van der Waals surface area (Å²) in [6.07, 6.45) is 7.64. The fourth-order valence-electron chi connectivity index (χ4n) is 2.05. The monoisotopic (exact) mass is 136 g/mol. The molecule has 0 spiro atoms. The van der Waals surface area contributed by atoms with Gasteiger partial charge in [-0.25, -0.2) is 0 Å². The summed E-state index contributed by atoms with van der Waals surface area (Å²) in [4.78, 5) is 11.2. The van der Waals surface area contributed by atoms with Crippen molar-refractivity contribution in [2.45, 2.75) is 32.1 Å². The van der Waals surface area contributed by atoms with Gasteiger partial charge in [0.1, 0.15) is 5.78 Å². The van der Waals surface area contributed by atoms with Gasteiger partial charge in [-0.3, -0.25) is 4.79 Å². The molecule has 0 amide bonds. The van der Waals surface area contributed by atoms with Gasteiger partial charge in [-0.1, -0.05) is 11.6 Å². The molecule has 1 atom stereocenters. The van der Waals surface area contributed by atoms with Crippen molar-refractivity contribution in [3.05, 3.63) is 11.6 Å². The molecule has 1 nitrogen and oxygen atoms in total. The second kappa shape index (κ2) is 2.22. The molecule has 0 aromatic rings. The molecular formula is C9H12O. The van der Waals surface area contributed by atoms with Gasteiger partial charge in [0.2, 0.25) is 0 Å². The lowest BCUT2D eigenvalue weighted by molar-refractivity contribution is -0.122. The van der Waals surface area contributed by atoms with Crippen LogP contribution in [0.3, 0.4) is 0 Å². The summed E-state index contributed by atoms with van der Waals surface area (Å²) in [5, 5.41) is 0. The van der Waals surface area contributed by atoms with E-state index in [1.165, 1.54) is 12.0 Å². The van der Waals surface area contributed by atoms with Crippen LogP contribution in [-0.4, -0.2) is 5.78 Å². The molecule has 2 rings (SSSR count). The Morgan fingerprint density at radius 1 is 1.40 bits per heavy atom. The average Bonchev–Trinajstić information content (AvgIpc) is 2.36. The summed E-state index contributed by atoms with van der Waals surface area (Å²) < 4.78 is 0. The van der Waals surface area contributed by atoms with E-state index < -0.39 is 0 Å². The van der Waals surface area contributed by atoms with Crippen LogP contribution in [0.15, 0.2) is 11.6 Å². The van der Waals surface area contributed by atoms with E-state index in [0.29, 0.717) is 11.7 Å². The molecule has 0 aromatic heterocycles. The first-order valence-corrected chi connectivity index (χ1v) is 4.09. The van der Waals surface area contributed by atoms with Gasteiger partial charge in [-0.15, -0.1) is 0 Å². The Kier molecular flexibility index (Phi) is 1.37. The van der Waals surface area contributed by atoms with E-state index in [9.17, 15) is 4.79 Å². The van der Waals surface area contributed by atoms with Crippen molar-refractivity contribution in [1.82, 2.24) is 0 Å². The fraction of sp³-hybridized carbons (Fsp3) is 0.667. The number of allylic oxidation sites excluding steroid dienone is 2. The highest BCUT2D eigenvalue weighted by Crippen LogP contribution is 2.35. The van der Waals surface area contributed by atoms with Crippen molar-refractivity contribution in [3.63, 3.8) is 0 Å². The van der Waals surface area contributed by atoms with Crippen molar-refractivity contribution in [2.24, 2.45) is 5.92 Å². The molecule has 1 heteroatoms. The van der Waals surface area contributed by atoms with Gasteiger partial charge in [0.25, 0.3) is 0 Å². The van der Waals surface area contributed by atoms with E-state index >= 15 is 0 Å². The number of Topliss-reactive ketones (excluding diaryl/α,β-unsaturated/α-hetero) is 1. The largest absolute Gasteiger partial charge is 0.299 e. The van der Waals surface area contributed by atoms with Crippen LogP contribution in [0.5, 0.6) is 0 Å². The highest BCUT2D eigenvalue weighted by atomic mass is 16.1. The molecule has 0 bridgehead atoms. The maximum Gasteiger partial charge on any atom is 0.140 e. The summed E-state index contributed by atoms with van der Waals surface area (Å²) in [5.41, 5.74) is 1.44. The van der Waals surface area contributed by atoms with Crippen molar-refractivity contribution in [1.29, 1.82) is 0 Å². The minimum atomic E-state index is 0.355. The molecule has 2 aliphatic carbocycles. The predicted molar refractivity (Wildman–Crippen MR) is 39.7 cm³/mol. The number of hydrogen-bond donors (Lipinski definition) is 0. The average molecular weight is 136 g/mol. The summed E-state index contributed by atoms with van der Waals surface area (Å²) in [6, 6.07) is 0. The Balaban J connectivity index is 2.21. The van der Waals surface area contributed by atoms with Crippen molar-refractivity contribution in [2.75, 3.05) is 0 Å². The standard InChI is InChI=1S/C9H12O/c10-9-6-2-4-7-3-1-5-8(7)9/h3,8H,1-2,4-6H2. The first-order valence-electron chi connectivity index (χ1n) is 4.09. The number of carbonyl (C=O) groups is 1. The zero-order valence-electron chi connectivity index (χ0n) is 6.10. The van der Waals surface area contributed by atoms with Gasteiger partial charge in [-0.05, 0) is 25.7 Å². The van der Waals surface area contributed by atoms with Crippen LogP contribution in [-0.2, 0) is 4.79 Å². The number of fused-ring (bicyclic) bond motifs is 1. The number of ketones is 1. The molecule has 1 fully saturated rings. The Bertz CT molecular complexity index is 191. The molecule has 1 saturated carbocycles. The molecule has 10 heavy (non-hydrogen) atoms. The van der Waals surface area contributed by atoms with Gasteiger partial charge < -0.3 is 0 Å². The van der Waals surface area contributed by atoms with Crippen molar-refractivity contribution in [3.8, 4) is 0 Å². The lowest BCUT2D eigenvalue weighted by Crippen LogP contribution is -2.18. The van der Waals surface area contributed by atoms with Crippen LogP contribution in [0.25, 0.3) is 0 Å². The van der Waals surface area contributed by atoms with Crippen LogP contribution in [0, 0.1) is 5.92 Å². The van der Waals surface area contributed by atoms with E-state index in [1.807, 2.05) is 0 Å². The zero-order chi connectivity index (χ0) is 6.97. The molecule has 0 N–H and O–H groups in total. The van der Waals surface area contributed by atoms with Crippen LogP contribution < -0.4 is 0 Å². The van der Waals surface area contributed by atoms with E-state index in [1.54, 1.807) is 0 Å². The number of hydrogen-bond acceptors (Lipinski definition) is 1. The molecular weight excluding hydrogens is 124 g/mol. The Morgan fingerprint density at radius 3 is 3.10 bits per heavy atom. The maximum atomic E-state index is 11.2. The third-order valence-electron chi connectivity index (χ3n) is 2.59. The summed E-state index contributed by atoms with van der Waals surface area (Å²) >= 11 is 0. The van der Waals surface area contributed by atoms with E-state index in [0.717, 1.165) is 25.7 Å². The molecule has 0 aliphatic heterocycles. The first kappa shape index (κ1) is 6.14. The molecule has 1 unspecified atom stereocenters. The Hall–Kier alpha value is -0.590. The number of carbonyl (C=O) groups excluding carboxylic acids is 1. The van der Waals surface area contributed by atoms with Crippen molar-refractivity contribution < 1.29 is 4.79 Å².